The topological polar surface area (TPSA) is 73.6 Å². The lowest BCUT2D eigenvalue weighted by Gasteiger charge is -2.36. The number of Topliss-reactive ketones (excluding diaryl/α,β-unsaturated/α-hetero) is 1. The minimum absolute atomic E-state index is 0.0340. The van der Waals surface area contributed by atoms with Crippen LogP contribution in [0.25, 0.3) is 0 Å². The van der Waals surface area contributed by atoms with Crippen molar-refractivity contribution in [3.63, 3.8) is 0 Å². The molecule has 0 spiro atoms. The molecule has 1 amide bonds. The number of ketones is 1. The number of hydrogen-bond donors (Lipinski definition) is 0. The molecule has 0 bridgehead atoms. The van der Waals surface area contributed by atoms with E-state index in [1.165, 1.54) is 6.92 Å². The number of carbonyl (C=O) groups excluding carboxylic acids is 2. The molecule has 0 aromatic heterocycles. The fourth-order valence-corrected chi connectivity index (χ4v) is 2.62. The zero-order valence-electron chi connectivity index (χ0n) is 14.4. The quantitative estimate of drug-likeness (QED) is 0.794. The number of amides is 1. The van der Waals surface area contributed by atoms with Crippen molar-refractivity contribution in [3.8, 4) is 6.07 Å². The van der Waals surface area contributed by atoms with Crippen molar-refractivity contribution < 1.29 is 14.3 Å². The normalized spacial score (nSPS) is 14.5. The first-order valence-corrected chi connectivity index (χ1v) is 8.14. The van der Waals surface area contributed by atoms with Gasteiger partial charge in [0, 0.05) is 37.4 Å². The van der Waals surface area contributed by atoms with Crippen molar-refractivity contribution in [2.45, 2.75) is 20.8 Å². The Bertz CT molecular complexity index is 656. The van der Waals surface area contributed by atoms with E-state index >= 15 is 0 Å². The number of rotatable bonds is 4. The summed E-state index contributed by atoms with van der Waals surface area (Å²) >= 11 is 0. The van der Waals surface area contributed by atoms with Gasteiger partial charge in [0.1, 0.15) is 0 Å². The number of piperazine rings is 1. The van der Waals surface area contributed by atoms with Crippen LogP contribution in [-0.4, -0.2) is 49.6 Å². The molecular formula is C18H23N3O3. The molecule has 1 saturated heterocycles. The predicted octanol–water partition coefficient (Wildman–Crippen LogP) is 2.68. The highest BCUT2D eigenvalue weighted by Crippen LogP contribution is 2.24. The van der Waals surface area contributed by atoms with Gasteiger partial charge in [-0.25, -0.2) is 4.79 Å². The summed E-state index contributed by atoms with van der Waals surface area (Å²) in [5, 5.41) is 9.09. The molecule has 24 heavy (non-hydrogen) atoms. The smallest absolute Gasteiger partial charge is 0.409 e. The molecule has 0 unspecified atom stereocenters. The number of nitriles is 1. The number of anilines is 1. The summed E-state index contributed by atoms with van der Waals surface area (Å²) < 4.78 is 5.25. The lowest BCUT2D eigenvalue weighted by molar-refractivity contribution is 0.0899. The molecule has 1 fully saturated rings. The summed E-state index contributed by atoms with van der Waals surface area (Å²) in [7, 11) is 0. The number of nitrogens with zero attached hydrogens (tertiary/aromatic N) is 3. The molecule has 0 radical (unpaired) electrons. The van der Waals surface area contributed by atoms with Gasteiger partial charge in [0.25, 0.3) is 0 Å². The average Bonchev–Trinajstić information content (AvgIpc) is 2.59. The molecule has 128 valence electrons. The van der Waals surface area contributed by atoms with Crippen LogP contribution in [0.2, 0.25) is 0 Å². The van der Waals surface area contributed by atoms with E-state index in [1.807, 2.05) is 18.7 Å². The maximum absolute atomic E-state index is 12.0. The maximum atomic E-state index is 12.0. The van der Waals surface area contributed by atoms with Crippen LogP contribution in [0.3, 0.4) is 0 Å². The lowest BCUT2D eigenvalue weighted by Crippen LogP contribution is -2.49. The van der Waals surface area contributed by atoms with E-state index in [0.717, 1.165) is 5.69 Å². The number of hydrogen-bond acceptors (Lipinski definition) is 5. The first kappa shape index (κ1) is 17.8. The van der Waals surface area contributed by atoms with Gasteiger partial charge in [0.05, 0.1) is 18.2 Å². The molecule has 1 aliphatic rings. The fraction of sp³-hybridized carbons (Fsp3) is 0.500. The maximum Gasteiger partial charge on any atom is 0.409 e. The second kappa shape index (κ2) is 7.82. The van der Waals surface area contributed by atoms with Gasteiger partial charge in [-0.05, 0) is 31.0 Å². The van der Waals surface area contributed by atoms with Crippen LogP contribution >= 0.6 is 0 Å². The lowest BCUT2D eigenvalue weighted by atomic mass is 10.0. The highest BCUT2D eigenvalue weighted by atomic mass is 16.6. The number of ether oxygens (including phenoxy) is 1. The van der Waals surface area contributed by atoms with E-state index in [0.29, 0.717) is 49.8 Å². The SMILES string of the molecule is CC(=O)c1ccc(C#N)cc1N1CCN(C(=O)OCC(C)C)CC1. The van der Waals surface area contributed by atoms with Crippen molar-refractivity contribution in [3.05, 3.63) is 29.3 Å². The van der Waals surface area contributed by atoms with Gasteiger partial charge in [-0.1, -0.05) is 13.8 Å². The Balaban J connectivity index is 2.06. The van der Waals surface area contributed by atoms with E-state index < -0.39 is 0 Å². The second-order valence-corrected chi connectivity index (χ2v) is 6.34. The Morgan fingerprint density at radius 1 is 1.25 bits per heavy atom. The molecule has 1 aromatic carbocycles. The fourth-order valence-electron chi connectivity index (χ4n) is 2.62. The minimum atomic E-state index is -0.291. The zero-order chi connectivity index (χ0) is 17.7. The Kier molecular flexibility index (Phi) is 5.80. The predicted molar refractivity (Wildman–Crippen MR) is 91.1 cm³/mol. The largest absolute Gasteiger partial charge is 0.449 e. The van der Waals surface area contributed by atoms with E-state index in [9.17, 15) is 9.59 Å². The Morgan fingerprint density at radius 3 is 2.46 bits per heavy atom. The first-order chi connectivity index (χ1) is 11.4. The summed E-state index contributed by atoms with van der Waals surface area (Å²) in [4.78, 5) is 27.6. The van der Waals surface area contributed by atoms with Crippen molar-refractivity contribution >= 4 is 17.6 Å². The van der Waals surface area contributed by atoms with Gasteiger partial charge in [0.15, 0.2) is 5.78 Å². The average molecular weight is 329 g/mol. The molecule has 6 nitrogen and oxygen atoms in total. The van der Waals surface area contributed by atoms with Crippen LogP contribution in [0, 0.1) is 17.2 Å². The Labute approximate surface area is 142 Å². The molecule has 1 aromatic rings. The molecule has 1 aliphatic heterocycles. The van der Waals surface area contributed by atoms with Crippen LogP contribution in [-0.2, 0) is 4.74 Å². The van der Waals surface area contributed by atoms with Crippen molar-refractivity contribution in [2.24, 2.45) is 5.92 Å². The van der Waals surface area contributed by atoms with Gasteiger partial charge in [-0.3, -0.25) is 4.79 Å². The molecule has 0 saturated carbocycles. The van der Waals surface area contributed by atoms with Crippen LogP contribution in [0.5, 0.6) is 0 Å². The molecular weight excluding hydrogens is 306 g/mol. The van der Waals surface area contributed by atoms with E-state index in [4.69, 9.17) is 10.00 Å². The van der Waals surface area contributed by atoms with Crippen LogP contribution < -0.4 is 4.90 Å². The Morgan fingerprint density at radius 2 is 1.92 bits per heavy atom. The summed E-state index contributed by atoms with van der Waals surface area (Å²) in [6, 6.07) is 7.19. The van der Waals surface area contributed by atoms with Gasteiger partial charge in [-0.15, -0.1) is 0 Å². The third-order valence-corrected chi connectivity index (χ3v) is 3.92. The highest BCUT2D eigenvalue weighted by molar-refractivity contribution is 6.00. The third-order valence-electron chi connectivity index (χ3n) is 3.92. The van der Waals surface area contributed by atoms with Gasteiger partial charge in [-0.2, -0.15) is 5.26 Å². The molecule has 2 rings (SSSR count). The van der Waals surface area contributed by atoms with Crippen LogP contribution in [0.1, 0.15) is 36.7 Å². The molecule has 1 heterocycles. The second-order valence-electron chi connectivity index (χ2n) is 6.34. The van der Waals surface area contributed by atoms with Crippen molar-refractivity contribution in [1.82, 2.24) is 4.90 Å². The summed E-state index contributed by atoms with van der Waals surface area (Å²) in [5.41, 5.74) is 1.88. The first-order valence-electron chi connectivity index (χ1n) is 8.14. The monoisotopic (exact) mass is 329 g/mol. The Hall–Kier alpha value is -2.55. The van der Waals surface area contributed by atoms with Crippen LogP contribution in [0.4, 0.5) is 10.5 Å². The number of carbonyl (C=O) groups is 2. The highest BCUT2D eigenvalue weighted by Gasteiger charge is 2.24. The third kappa shape index (κ3) is 4.25. The standard InChI is InChI=1S/C18H23N3O3/c1-13(2)12-24-18(23)21-8-6-20(7-9-21)17-10-15(11-19)4-5-16(17)14(3)22/h4-5,10,13H,6-9,12H2,1-3H3. The van der Waals surface area contributed by atoms with Crippen molar-refractivity contribution in [2.75, 3.05) is 37.7 Å². The van der Waals surface area contributed by atoms with E-state index in [1.54, 1.807) is 23.1 Å². The molecule has 0 atom stereocenters. The molecule has 0 aliphatic carbocycles. The van der Waals surface area contributed by atoms with Crippen molar-refractivity contribution in [1.29, 1.82) is 5.26 Å². The number of benzene rings is 1. The minimum Gasteiger partial charge on any atom is -0.449 e. The summed E-state index contributed by atoms with van der Waals surface area (Å²) in [6.07, 6.45) is -0.291. The van der Waals surface area contributed by atoms with Gasteiger partial charge in [0.2, 0.25) is 0 Å². The molecule has 6 heteroatoms. The summed E-state index contributed by atoms with van der Waals surface area (Å²) in [5.74, 6) is 0.273. The molecule has 0 N–H and O–H groups in total. The van der Waals surface area contributed by atoms with Crippen LogP contribution in [0.15, 0.2) is 18.2 Å². The van der Waals surface area contributed by atoms with Gasteiger partial charge < -0.3 is 14.5 Å². The van der Waals surface area contributed by atoms with E-state index in [-0.39, 0.29) is 11.9 Å². The zero-order valence-corrected chi connectivity index (χ0v) is 14.4. The van der Waals surface area contributed by atoms with E-state index in [2.05, 4.69) is 6.07 Å². The summed E-state index contributed by atoms with van der Waals surface area (Å²) in [6.45, 7) is 8.20. The van der Waals surface area contributed by atoms with Gasteiger partial charge >= 0.3 is 6.09 Å².